The molecular weight excluding hydrogens is 474 g/mol. The van der Waals surface area contributed by atoms with Gasteiger partial charge in [-0.25, -0.2) is 6.58 Å². The number of hydrogen-bond donors (Lipinski definition) is 2. The molecule has 4 nitrogen and oxygen atoms in total. The third kappa shape index (κ3) is 2.71. The zero-order valence-electron chi connectivity index (χ0n) is 11.3. The summed E-state index contributed by atoms with van der Waals surface area (Å²) >= 11 is 0. The van der Waals surface area contributed by atoms with E-state index in [1.54, 1.807) is 18.5 Å². The Bertz CT molecular complexity index is 714. The first-order chi connectivity index (χ1) is 9.27. The molecule has 20 heavy (non-hydrogen) atoms. The van der Waals surface area contributed by atoms with Gasteiger partial charge < -0.3 is 16.0 Å². The van der Waals surface area contributed by atoms with Crippen LogP contribution in [-0.4, -0.2) is 9.55 Å². The first-order valence-corrected chi connectivity index (χ1v) is 6.14. The largest absolute Gasteiger partial charge is 2.00 e. The van der Waals surface area contributed by atoms with E-state index in [-0.39, 0.29) is 31.1 Å². The molecule has 1 aliphatic carbocycles. The second-order valence-electron chi connectivity index (χ2n) is 4.37. The van der Waals surface area contributed by atoms with Gasteiger partial charge in [-0.2, -0.15) is 5.22 Å². The Hall–Kier alpha value is -1.02. The van der Waals surface area contributed by atoms with Gasteiger partial charge in [0.05, 0.1) is 5.65 Å². The Morgan fingerprint density at radius 3 is 2.60 bits per heavy atom. The number of nitrogens with zero attached hydrogens (tertiary/aromatic N) is 2. The van der Waals surface area contributed by atoms with Crippen molar-refractivity contribution in [3.05, 3.63) is 42.0 Å². The Kier molecular flexibility index (Phi) is 6.07. The molecule has 2 heterocycles. The summed E-state index contributed by atoms with van der Waals surface area (Å²) in [5.74, 6) is 0. The Morgan fingerprint density at radius 2 is 2.10 bits per heavy atom. The van der Waals surface area contributed by atoms with E-state index in [1.807, 2.05) is 6.07 Å². The van der Waals surface area contributed by atoms with E-state index in [2.05, 4.69) is 28.9 Å². The van der Waals surface area contributed by atoms with Crippen molar-refractivity contribution in [2.24, 2.45) is 11.5 Å². The Labute approximate surface area is 142 Å². The van der Waals surface area contributed by atoms with Crippen molar-refractivity contribution in [2.45, 2.75) is 18.9 Å². The van der Waals surface area contributed by atoms with Crippen molar-refractivity contribution in [1.29, 1.82) is 0 Å². The molecular formula is C15H18N4U. The maximum atomic E-state index is 6.17. The van der Waals surface area contributed by atoms with Crippen molar-refractivity contribution >= 4 is 29.9 Å². The molecule has 1 saturated carbocycles. The smallest absolute Gasteiger partial charge is 0.486 e. The van der Waals surface area contributed by atoms with E-state index in [0.29, 0.717) is 11.3 Å². The number of pyridine rings is 1. The summed E-state index contributed by atoms with van der Waals surface area (Å²) in [6, 6.07) is 2.42. The van der Waals surface area contributed by atoms with Gasteiger partial charge in [0.25, 0.3) is 0 Å². The van der Waals surface area contributed by atoms with Crippen LogP contribution in [0.3, 0.4) is 0 Å². The molecule has 2 aromatic rings. The first kappa shape index (κ1) is 17.0. The molecule has 0 aliphatic heterocycles. The molecule has 0 bridgehead atoms. The van der Waals surface area contributed by atoms with E-state index in [4.69, 9.17) is 12.3 Å². The van der Waals surface area contributed by atoms with Gasteiger partial charge in [0.2, 0.25) is 0 Å². The maximum absolute atomic E-state index is 6.17. The quantitative estimate of drug-likeness (QED) is 0.608. The molecule has 2 aromatic heterocycles. The number of fused-ring (bicyclic) bond motifs is 1. The summed E-state index contributed by atoms with van der Waals surface area (Å²) in [7, 11) is 2.75. The number of nitrogens with two attached hydrogens (primary N) is 2. The molecule has 0 saturated heterocycles. The van der Waals surface area contributed by atoms with Gasteiger partial charge in [-0.05, 0) is 30.5 Å². The zero-order chi connectivity index (χ0) is 14.0. The fourth-order valence-electron chi connectivity index (χ4n) is 2.34. The van der Waals surface area contributed by atoms with Crippen LogP contribution in [0.25, 0.3) is 29.9 Å². The molecule has 5 heteroatoms. The maximum Gasteiger partial charge on any atom is 2.00 e. The van der Waals surface area contributed by atoms with Crippen LogP contribution in [0.4, 0.5) is 0 Å². The molecule has 0 unspecified atom stereocenters. The second kappa shape index (κ2) is 7.12. The van der Waals surface area contributed by atoms with Crippen LogP contribution in [0.1, 0.15) is 24.4 Å². The van der Waals surface area contributed by atoms with Crippen LogP contribution >= 0.6 is 0 Å². The van der Waals surface area contributed by atoms with Crippen LogP contribution in [0.5, 0.6) is 0 Å². The molecule has 102 valence electrons. The second-order valence-corrected chi connectivity index (χ2v) is 4.37. The molecule has 1 fully saturated rings. The molecule has 0 spiro atoms. The predicted octanol–water partition coefficient (Wildman–Crippen LogP) is 0.735. The number of hydrogen-bond acceptors (Lipinski definition) is 3. The standard InChI is InChI=1S/C14H14N3.CH4N.U/c1-3-10-6-7-16-14-13(10)9(2)12(8-15)17(14)11-4-5-11;1-2;/h2-3,6-8,11H,1,4-5,15H2;1-2H2;/q2*-1;+2/b12-8+;;. The minimum atomic E-state index is 0. The van der Waals surface area contributed by atoms with E-state index >= 15 is 0 Å². The van der Waals surface area contributed by atoms with Crippen LogP contribution in [-0.2, 0) is 0 Å². The van der Waals surface area contributed by atoms with E-state index in [0.717, 1.165) is 21.9 Å². The van der Waals surface area contributed by atoms with Gasteiger partial charge in [0.15, 0.2) is 0 Å². The third-order valence-corrected chi connectivity index (χ3v) is 3.29. The van der Waals surface area contributed by atoms with Crippen LogP contribution < -0.4 is 22.0 Å². The minimum Gasteiger partial charge on any atom is -0.486 e. The van der Waals surface area contributed by atoms with E-state index < -0.39 is 0 Å². The monoisotopic (exact) mass is 492 g/mol. The summed E-state index contributed by atoms with van der Waals surface area (Å²) < 4.78 is 2.15. The normalized spacial score (nSPS) is 14.4. The van der Waals surface area contributed by atoms with Crippen molar-refractivity contribution in [2.75, 3.05) is 0 Å². The van der Waals surface area contributed by atoms with Gasteiger partial charge in [-0.1, -0.05) is 23.6 Å². The topological polar surface area (TPSA) is 69.9 Å². The molecule has 0 radical (unpaired) electrons. The summed E-state index contributed by atoms with van der Waals surface area (Å²) in [5.41, 5.74) is 11.9. The van der Waals surface area contributed by atoms with Crippen LogP contribution in [0, 0.1) is 38.2 Å². The fourth-order valence-corrected chi connectivity index (χ4v) is 2.34. The van der Waals surface area contributed by atoms with Gasteiger partial charge in [0, 0.05) is 12.2 Å². The van der Waals surface area contributed by atoms with E-state index in [9.17, 15) is 0 Å². The molecule has 0 aromatic carbocycles. The zero-order valence-corrected chi connectivity index (χ0v) is 15.5. The molecule has 1 aliphatic rings. The van der Waals surface area contributed by atoms with Gasteiger partial charge in [-0.15, -0.1) is 0 Å². The number of rotatable bonds is 2. The van der Waals surface area contributed by atoms with Crippen molar-refractivity contribution in [1.82, 2.24) is 9.55 Å². The summed E-state index contributed by atoms with van der Waals surface area (Å²) in [4.78, 5) is 4.44. The predicted molar refractivity (Wildman–Crippen MR) is 80.0 cm³/mol. The van der Waals surface area contributed by atoms with E-state index in [1.165, 1.54) is 12.8 Å². The van der Waals surface area contributed by atoms with Crippen molar-refractivity contribution in [3.63, 3.8) is 0 Å². The molecule has 0 amide bonds. The average molecular weight is 492 g/mol. The third-order valence-electron chi connectivity index (χ3n) is 3.29. The average Bonchev–Trinajstić information content (AvgIpc) is 3.25. The molecule has 3 rings (SSSR count). The molecule has 0 atom stereocenters. The molecule has 4 N–H and O–H groups in total. The van der Waals surface area contributed by atoms with Crippen molar-refractivity contribution in [3.8, 4) is 0 Å². The number of aromatic nitrogens is 2. The van der Waals surface area contributed by atoms with Crippen LogP contribution in [0.2, 0.25) is 0 Å². The van der Waals surface area contributed by atoms with Crippen LogP contribution in [0.15, 0.2) is 18.8 Å². The first-order valence-electron chi connectivity index (χ1n) is 6.14. The van der Waals surface area contributed by atoms with Gasteiger partial charge >= 0.3 is 31.1 Å². The van der Waals surface area contributed by atoms with Crippen molar-refractivity contribution < 1.29 is 31.1 Å². The summed E-state index contributed by atoms with van der Waals surface area (Å²) in [6.45, 7) is 9.99. The summed E-state index contributed by atoms with van der Waals surface area (Å²) in [6.07, 6.45) is 7.51. The summed E-state index contributed by atoms with van der Waals surface area (Å²) in [5, 5.41) is 2.55. The van der Waals surface area contributed by atoms with Gasteiger partial charge in [-0.3, -0.25) is 12.0 Å². The SMILES string of the molecule is [CH-]=c1/c(=C\N)n(C2CC2)c2nccc(C=C)c12.[CH2-]N.[U+2]. The van der Waals surface area contributed by atoms with Gasteiger partial charge in [0.1, 0.15) is 0 Å². The Morgan fingerprint density at radius 1 is 1.45 bits per heavy atom. The minimum absolute atomic E-state index is 0. The Balaban J connectivity index is 0.000000639. The fraction of sp³-hybridized carbons (Fsp3) is 0.200.